The first-order valence-electron chi connectivity index (χ1n) is 6.60. The van der Waals surface area contributed by atoms with Gasteiger partial charge in [0.25, 0.3) is 0 Å². The van der Waals surface area contributed by atoms with Gasteiger partial charge in [0.15, 0.2) is 0 Å². The standard InChI is InChI=1S/C15H21NO2/c1-16(2)13-5-3-12(4-6-13)15(10-18-11-15)14(9-17)7-8-14/h3-6,17H,7-11H2,1-2H3. The van der Waals surface area contributed by atoms with Crippen molar-refractivity contribution in [1.29, 1.82) is 0 Å². The summed E-state index contributed by atoms with van der Waals surface area (Å²) in [5, 5.41) is 9.70. The minimum atomic E-state index is 0.0621. The third-order valence-electron chi connectivity index (χ3n) is 4.80. The molecule has 1 aromatic carbocycles. The van der Waals surface area contributed by atoms with Crippen molar-refractivity contribution in [3.63, 3.8) is 0 Å². The van der Waals surface area contributed by atoms with Crippen LogP contribution in [0.2, 0.25) is 0 Å². The van der Waals surface area contributed by atoms with E-state index in [2.05, 4.69) is 29.2 Å². The smallest absolute Gasteiger partial charge is 0.0591 e. The van der Waals surface area contributed by atoms with Crippen LogP contribution < -0.4 is 4.90 Å². The summed E-state index contributed by atoms with van der Waals surface area (Å²) in [5.41, 5.74) is 2.69. The Morgan fingerprint density at radius 2 is 1.78 bits per heavy atom. The number of nitrogens with zero attached hydrogens (tertiary/aromatic N) is 1. The highest BCUT2D eigenvalue weighted by Gasteiger charge is 2.63. The zero-order valence-electron chi connectivity index (χ0n) is 11.1. The summed E-state index contributed by atoms with van der Waals surface area (Å²) in [6.07, 6.45) is 2.25. The summed E-state index contributed by atoms with van der Waals surface area (Å²) in [6.45, 7) is 1.80. The highest BCUT2D eigenvalue weighted by atomic mass is 16.5. The van der Waals surface area contributed by atoms with Crippen LogP contribution in [0.5, 0.6) is 0 Å². The van der Waals surface area contributed by atoms with Crippen LogP contribution in [0.25, 0.3) is 0 Å². The Morgan fingerprint density at radius 1 is 1.17 bits per heavy atom. The highest BCUT2D eigenvalue weighted by molar-refractivity contribution is 5.48. The Morgan fingerprint density at radius 3 is 2.11 bits per heavy atom. The van der Waals surface area contributed by atoms with E-state index < -0.39 is 0 Å². The van der Waals surface area contributed by atoms with Crippen molar-refractivity contribution in [2.45, 2.75) is 18.3 Å². The van der Waals surface area contributed by atoms with Crippen molar-refractivity contribution in [1.82, 2.24) is 0 Å². The molecule has 1 N–H and O–H groups in total. The first-order chi connectivity index (χ1) is 8.63. The summed E-state index contributed by atoms with van der Waals surface area (Å²) in [5.74, 6) is 0. The van der Waals surface area contributed by atoms with Crippen molar-refractivity contribution in [3.8, 4) is 0 Å². The van der Waals surface area contributed by atoms with Gasteiger partial charge in [-0.25, -0.2) is 0 Å². The predicted octanol–water partition coefficient (Wildman–Crippen LogP) is 1.79. The van der Waals surface area contributed by atoms with Crippen LogP contribution in [-0.2, 0) is 10.2 Å². The van der Waals surface area contributed by atoms with E-state index in [0.29, 0.717) is 0 Å². The second kappa shape index (κ2) is 3.97. The third-order valence-corrected chi connectivity index (χ3v) is 4.80. The van der Waals surface area contributed by atoms with Crippen LogP contribution in [-0.4, -0.2) is 39.0 Å². The van der Waals surface area contributed by atoms with Gasteiger partial charge >= 0.3 is 0 Å². The normalized spacial score (nSPS) is 23.3. The van der Waals surface area contributed by atoms with Gasteiger partial charge in [-0.3, -0.25) is 0 Å². The first kappa shape index (κ1) is 12.0. The fourth-order valence-corrected chi connectivity index (χ4v) is 3.10. The molecule has 1 aliphatic heterocycles. The quantitative estimate of drug-likeness (QED) is 0.880. The molecule has 3 nitrogen and oxygen atoms in total. The van der Waals surface area contributed by atoms with E-state index in [-0.39, 0.29) is 17.4 Å². The van der Waals surface area contributed by atoms with Gasteiger partial charge in [0.2, 0.25) is 0 Å². The molecule has 0 unspecified atom stereocenters. The average molecular weight is 247 g/mol. The molecule has 98 valence electrons. The van der Waals surface area contributed by atoms with Crippen LogP contribution in [0, 0.1) is 5.41 Å². The zero-order chi connectivity index (χ0) is 12.8. The van der Waals surface area contributed by atoms with Gasteiger partial charge in [0, 0.05) is 37.2 Å². The topological polar surface area (TPSA) is 32.7 Å². The predicted molar refractivity (Wildman–Crippen MR) is 72.0 cm³/mol. The Bertz CT molecular complexity index is 430. The number of ether oxygens (including phenoxy) is 1. The Hall–Kier alpha value is -1.06. The molecule has 0 aromatic heterocycles. The van der Waals surface area contributed by atoms with E-state index in [0.717, 1.165) is 26.1 Å². The third kappa shape index (κ3) is 1.50. The summed E-state index contributed by atoms with van der Waals surface area (Å²) in [7, 11) is 4.10. The maximum Gasteiger partial charge on any atom is 0.0591 e. The Balaban J connectivity index is 1.93. The largest absolute Gasteiger partial charge is 0.396 e. The molecular formula is C15H21NO2. The average Bonchev–Trinajstić information content (AvgIpc) is 3.10. The van der Waals surface area contributed by atoms with Crippen molar-refractivity contribution in [2.24, 2.45) is 5.41 Å². The van der Waals surface area contributed by atoms with E-state index in [9.17, 15) is 5.11 Å². The summed E-state index contributed by atoms with van der Waals surface area (Å²) in [6, 6.07) is 8.72. The van der Waals surface area contributed by atoms with Gasteiger partial charge in [0.05, 0.1) is 13.2 Å². The van der Waals surface area contributed by atoms with Crippen LogP contribution in [0.1, 0.15) is 18.4 Å². The van der Waals surface area contributed by atoms with Crippen molar-refractivity contribution < 1.29 is 9.84 Å². The van der Waals surface area contributed by atoms with Gasteiger partial charge in [0.1, 0.15) is 0 Å². The minimum Gasteiger partial charge on any atom is -0.396 e. The maximum atomic E-state index is 9.70. The van der Waals surface area contributed by atoms with Gasteiger partial charge in [-0.05, 0) is 30.5 Å². The molecule has 0 atom stereocenters. The molecule has 0 bridgehead atoms. The molecule has 0 amide bonds. The van der Waals surface area contributed by atoms with E-state index in [1.807, 2.05) is 14.1 Å². The Kier molecular flexibility index (Phi) is 2.65. The van der Waals surface area contributed by atoms with Crippen LogP contribution >= 0.6 is 0 Å². The van der Waals surface area contributed by atoms with Crippen molar-refractivity contribution >= 4 is 5.69 Å². The molecule has 0 radical (unpaired) electrons. The van der Waals surface area contributed by atoms with Crippen LogP contribution in [0.15, 0.2) is 24.3 Å². The SMILES string of the molecule is CN(C)c1ccc(C2(C3(CO)CC3)COC2)cc1. The van der Waals surface area contributed by atoms with Crippen molar-refractivity contribution in [2.75, 3.05) is 38.8 Å². The van der Waals surface area contributed by atoms with Gasteiger partial charge < -0.3 is 14.7 Å². The molecule has 1 heterocycles. The number of benzene rings is 1. The molecule has 1 saturated heterocycles. The Labute approximate surface area is 108 Å². The van der Waals surface area contributed by atoms with Gasteiger partial charge in [-0.15, -0.1) is 0 Å². The molecule has 3 rings (SSSR count). The number of rotatable bonds is 4. The van der Waals surface area contributed by atoms with E-state index >= 15 is 0 Å². The molecule has 1 aromatic rings. The summed E-state index contributed by atoms with van der Waals surface area (Å²) in [4.78, 5) is 2.10. The molecule has 1 saturated carbocycles. The lowest BCUT2D eigenvalue weighted by Crippen LogP contribution is -2.54. The fraction of sp³-hybridized carbons (Fsp3) is 0.600. The van der Waals surface area contributed by atoms with Gasteiger partial charge in [-0.1, -0.05) is 12.1 Å². The van der Waals surface area contributed by atoms with E-state index in [4.69, 9.17) is 4.74 Å². The lowest BCUT2D eigenvalue weighted by atomic mass is 9.66. The number of aliphatic hydroxyl groups excluding tert-OH is 1. The minimum absolute atomic E-state index is 0.0621. The number of hydrogen-bond donors (Lipinski definition) is 1. The first-order valence-corrected chi connectivity index (χ1v) is 6.60. The lowest BCUT2D eigenvalue weighted by Gasteiger charge is -2.48. The summed E-state index contributed by atoms with van der Waals surface area (Å²) < 4.78 is 5.48. The molecule has 3 heteroatoms. The number of aliphatic hydroxyl groups is 1. The second-order valence-electron chi connectivity index (χ2n) is 5.95. The monoisotopic (exact) mass is 247 g/mol. The number of hydrogen-bond acceptors (Lipinski definition) is 3. The van der Waals surface area contributed by atoms with Crippen molar-refractivity contribution in [3.05, 3.63) is 29.8 Å². The fourth-order valence-electron chi connectivity index (χ4n) is 3.10. The molecule has 2 aliphatic rings. The molecule has 0 spiro atoms. The van der Waals surface area contributed by atoms with E-state index in [1.165, 1.54) is 11.3 Å². The van der Waals surface area contributed by atoms with Gasteiger partial charge in [-0.2, -0.15) is 0 Å². The summed E-state index contributed by atoms with van der Waals surface area (Å²) >= 11 is 0. The molecule has 1 aliphatic carbocycles. The van der Waals surface area contributed by atoms with Crippen LogP contribution in [0.4, 0.5) is 5.69 Å². The maximum absolute atomic E-state index is 9.70. The van der Waals surface area contributed by atoms with Crippen LogP contribution in [0.3, 0.4) is 0 Å². The zero-order valence-corrected chi connectivity index (χ0v) is 11.1. The van der Waals surface area contributed by atoms with E-state index in [1.54, 1.807) is 0 Å². The lowest BCUT2D eigenvalue weighted by molar-refractivity contribution is -0.110. The second-order valence-corrected chi connectivity index (χ2v) is 5.95. The molecule has 2 fully saturated rings. The highest BCUT2D eigenvalue weighted by Crippen LogP contribution is 2.62. The number of anilines is 1. The molecule has 18 heavy (non-hydrogen) atoms. The molecular weight excluding hydrogens is 226 g/mol.